The Bertz CT molecular complexity index is 1910. The standard InChI is InChI=1S/C30H20N2O8/c33-24-13-21(15-31-27(24)34)16-4-3-9-22(12-16)40-25-14-23(17-5-1-7-19(10-17)29(36)37)26(32-28(25)35)18-6-2-8-20(11-18)30(38)39/h1-15,33H,(H,31,34)(H,32,35)(H,36,37)(H,38,39). The van der Waals surface area contributed by atoms with Crippen LogP contribution in [-0.4, -0.2) is 37.2 Å². The number of rotatable bonds is 7. The number of aromatic carboxylic acids is 2. The highest BCUT2D eigenvalue weighted by Crippen LogP contribution is 2.34. The number of aromatic hydroxyl groups is 1. The minimum Gasteiger partial charge on any atom is -0.503 e. The van der Waals surface area contributed by atoms with Crippen molar-refractivity contribution in [2.24, 2.45) is 0 Å². The molecule has 0 radical (unpaired) electrons. The normalized spacial score (nSPS) is 10.7. The Morgan fingerprint density at radius 3 is 1.98 bits per heavy atom. The van der Waals surface area contributed by atoms with Gasteiger partial charge in [-0.3, -0.25) is 9.59 Å². The fraction of sp³-hybridized carbons (Fsp3) is 0. The number of pyridine rings is 2. The lowest BCUT2D eigenvalue weighted by molar-refractivity contribution is 0.0686. The molecule has 0 spiro atoms. The summed E-state index contributed by atoms with van der Waals surface area (Å²) in [4.78, 5) is 53.1. The summed E-state index contributed by atoms with van der Waals surface area (Å²) in [6.45, 7) is 0. The second-order valence-electron chi connectivity index (χ2n) is 8.76. The minimum atomic E-state index is -1.14. The lowest BCUT2D eigenvalue weighted by Crippen LogP contribution is -2.11. The van der Waals surface area contributed by atoms with E-state index in [9.17, 15) is 34.5 Å². The number of carboxylic acids is 2. The van der Waals surface area contributed by atoms with E-state index in [-0.39, 0.29) is 28.3 Å². The summed E-state index contributed by atoms with van der Waals surface area (Å²) < 4.78 is 5.93. The fourth-order valence-corrected chi connectivity index (χ4v) is 4.17. The van der Waals surface area contributed by atoms with Crippen LogP contribution in [-0.2, 0) is 0 Å². The van der Waals surface area contributed by atoms with Gasteiger partial charge in [-0.15, -0.1) is 0 Å². The molecule has 2 aromatic heterocycles. The van der Waals surface area contributed by atoms with E-state index < -0.39 is 28.8 Å². The number of carbonyl (C=O) groups is 2. The molecule has 5 rings (SSSR count). The Kier molecular flexibility index (Phi) is 6.73. The fourth-order valence-electron chi connectivity index (χ4n) is 4.17. The van der Waals surface area contributed by atoms with Crippen molar-refractivity contribution in [1.82, 2.24) is 9.97 Å². The van der Waals surface area contributed by atoms with Gasteiger partial charge in [0.1, 0.15) is 5.75 Å². The van der Waals surface area contributed by atoms with Crippen molar-refractivity contribution in [3.05, 3.63) is 123 Å². The maximum atomic E-state index is 13.2. The highest BCUT2D eigenvalue weighted by Gasteiger charge is 2.17. The average Bonchev–Trinajstić information content (AvgIpc) is 2.95. The third-order valence-electron chi connectivity index (χ3n) is 6.10. The van der Waals surface area contributed by atoms with E-state index in [1.807, 2.05) is 0 Å². The first-order valence-electron chi connectivity index (χ1n) is 11.8. The maximum absolute atomic E-state index is 13.2. The van der Waals surface area contributed by atoms with E-state index in [1.54, 1.807) is 48.5 Å². The van der Waals surface area contributed by atoms with Gasteiger partial charge in [0.25, 0.3) is 11.1 Å². The zero-order valence-electron chi connectivity index (χ0n) is 20.5. The van der Waals surface area contributed by atoms with Gasteiger partial charge in [0, 0.05) is 17.3 Å². The number of H-pyrrole nitrogens is 2. The Morgan fingerprint density at radius 1 is 0.675 bits per heavy atom. The molecule has 0 saturated carbocycles. The van der Waals surface area contributed by atoms with Gasteiger partial charge < -0.3 is 30.0 Å². The lowest BCUT2D eigenvalue weighted by Gasteiger charge is -2.14. The van der Waals surface area contributed by atoms with Gasteiger partial charge in [-0.2, -0.15) is 0 Å². The van der Waals surface area contributed by atoms with Crippen LogP contribution in [0.1, 0.15) is 20.7 Å². The van der Waals surface area contributed by atoms with E-state index in [0.29, 0.717) is 27.8 Å². The Labute approximate surface area is 225 Å². The number of ether oxygens (including phenoxy) is 1. The molecule has 2 heterocycles. The summed E-state index contributed by atoms with van der Waals surface area (Å²) in [6.07, 6.45) is 1.43. The molecule has 0 bridgehead atoms. The van der Waals surface area contributed by atoms with Gasteiger partial charge >= 0.3 is 11.9 Å². The van der Waals surface area contributed by atoms with Gasteiger partial charge in [0.15, 0.2) is 11.5 Å². The number of nitrogens with one attached hydrogen (secondary N) is 2. The van der Waals surface area contributed by atoms with E-state index in [2.05, 4.69) is 9.97 Å². The SMILES string of the molecule is O=C(O)c1cccc(-c2cc(Oc3cccc(-c4c[nH]c(=O)c(O)c4)c3)c(=O)[nH]c2-c2cccc(C(=O)O)c2)c1. The number of aromatic amines is 2. The maximum Gasteiger partial charge on any atom is 0.335 e. The molecule has 0 fully saturated rings. The van der Waals surface area contributed by atoms with Crippen molar-refractivity contribution in [1.29, 1.82) is 0 Å². The Balaban J connectivity index is 1.63. The van der Waals surface area contributed by atoms with Crippen LogP contribution in [0.15, 0.2) is 101 Å². The largest absolute Gasteiger partial charge is 0.503 e. The van der Waals surface area contributed by atoms with Crippen molar-refractivity contribution in [2.75, 3.05) is 0 Å². The van der Waals surface area contributed by atoms with Crippen molar-refractivity contribution in [3.8, 4) is 50.8 Å². The topological polar surface area (TPSA) is 170 Å². The molecule has 10 heteroatoms. The van der Waals surface area contributed by atoms with Gasteiger partial charge in [-0.25, -0.2) is 9.59 Å². The quantitative estimate of drug-likeness (QED) is 0.194. The highest BCUT2D eigenvalue weighted by atomic mass is 16.5. The summed E-state index contributed by atoms with van der Waals surface area (Å²) in [6, 6.07) is 21.5. The van der Waals surface area contributed by atoms with Crippen molar-refractivity contribution in [2.45, 2.75) is 0 Å². The van der Waals surface area contributed by atoms with Crippen LogP contribution in [0.25, 0.3) is 33.5 Å². The first-order chi connectivity index (χ1) is 19.2. The van der Waals surface area contributed by atoms with Crippen molar-refractivity contribution in [3.63, 3.8) is 0 Å². The van der Waals surface area contributed by atoms with Crippen LogP contribution in [0.2, 0.25) is 0 Å². The van der Waals surface area contributed by atoms with Crippen molar-refractivity contribution < 1.29 is 29.6 Å². The molecule has 40 heavy (non-hydrogen) atoms. The molecule has 0 aliphatic heterocycles. The predicted molar refractivity (Wildman–Crippen MR) is 146 cm³/mol. The first kappa shape index (κ1) is 25.7. The number of carboxylic acid groups (broad SMARTS) is 2. The van der Waals surface area contributed by atoms with Crippen LogP contribution in [0, 0.1) is 0 Å². The van der Waals surface area contributed by atoms with Gasteiger partial charge in [0.05, 0.1) is 16.8 Å². The zero-order chi connectivity index (χ0) is 28.4. The van der Waals surface area contributed by atoms with E-state index in [1.165, 1.54) is 42.6 Å². The molecule has 0 amide bonds. The minimum absolute atomic E-state index is 0.00835. The van der Waals surface area contributed by atoms with Gasteiger partial charge in [-0.05, 0) is 65.2 Å². The summed E-state index contributed by atoms with van der Waals surface area (Å²) in [5.74, 6) is -2.55. The molecule has 3 aromatic carbocycles. The Morgan fingerprint density at radius 2 is 1.30 bits per heavy atom. The van der Waals surface area contributed by atoms with E-state index in [0.717, 1.165) is 0 Å². The Hall–Kier alpha value is -5.90. The molecule has 0 atom stereocenters. The lowest BCUT2D eigenvalue weighted by atomic mass is 9.96. The molecule has 0 unspecified atom stereocenters. The second kappa shape index (κ2) is 10.5. The molecule has 5 aromatic rings. The summed E-state index contributed by atoms with van der Waals surface area (Å²) >= 11 is 0. The number of hydrogen-bond donors (Lipinski definition) is 5. The van der Waals surface area contributed by atoms with E-state index >= 15 is 0 Å². The molecule has 5 N–H and O–H groups in total. The van der Waals surface area contributed by atoms with Crippen LogP contribution < -0.4 is 15.9 Å². The number of aromatic nitrogens is 2. The smallest absolute Gasteiger partial charge is 0.335 e. The molecule has 198 valence electrons. The van der Waals surface area contributed by atoms with Gasteiger partial charge in [-0.1, -0.05) is 36.4 Å². The molecule has 0 aliphatic carbocycles. The third-order valence-corrected chi connectivity index (χ3v) is 6.10. The zero-order valence-corrected chi connectivity index (χ0v) is 20.5. The number of benzene rings is 3. The van der Waals surface area contributed by atoms with Crippen LogP contribution in [0.4, 0.5) is 0 Å². The first-order valence-corrected chi connectivity index (χ1v) is 11.8. The molecular formula is C30H20N2O8. The molecular weight excluding hydrogens is 516 g/mol. The highest BCUT2D eigenvalue weighted by molar-refractivity contribution is 5.93. The molecule has 10 nitrogen and oxygen atoms in total. The van der Waals surface area contributed by atoms with E-state index in [4.69, 9.17) is 4.74 Å². The second-order valence-corrected chi connectivity index (χ2v) is 8.76. The van der Waals surface area contributed by atoms with Crippen molar-refractivity contribution >= 4 is 11.9 Å². The molecule has 0 saturated heterocycles. The van der Waals surface area contributed by atoms with Crippen LogP contribution >= 0.6 is 0 Å². The monoisotopic (exact) mass is 536 g/mol. The summed E-state index contributed by atoms with van der Waals surface area (Å²) in [5.41, 5.74) is 1.43. The summed E-state index contributed by atoms with van der Waals surface area (Å²) in [7, 11) is 0. The summed E-state index contributed by atoms with van der Waals surface area (Å²) in [5, 5.41) is 28.7. The average molecular weight is 536 g/mol. The van der Waals surface area contributed by atoms with Gasteiger partial charge in [0.2, 0.25) is 0 Å². The third kappa shape index (κ3) is 5.22. The van der Waals surface area contributed by atoms with Crippen LogP contribution in [0.5, 0.6) is 17.2 Å². The number of hydrogen-bond acceptors (Lipinski definition) is 6. The molecule has 0 aliphatic rings. The predicted octanol–water partition coefficient (Wildman–Crippen LogP) is 4.96. The van der Waals surface area contributed by atoms with Crippen LogP contribution in [0.3, 0.4) is 0 Å².